The van der Waals surface area contributed by atoms with E-state index in [1.165, 1.54) is 30.4 Å². The van der Waals surface area contributed by atoms with Crippen molar-refractivity contribution < 1.29 is 14.1 Å². The molecule has 2 aromatic carbocycles. The zero-order chi connectivity index (χ0) is 20.8. The Morgan fingerprint density at radius 1 is 1.14 bits per heavy atom. The second-order valence-corrected chi connectivity index (χ2v) is 6.58. The minimum absolute atomic E-state index is 0.000164. The van der Waals surface area contributed by atoms with Gasteiger partial charge in [-0.15, -0.1) is 0 Å². The van der Waals surface area contributed by atoms with Crippen LogP contribution < -0.4 is 10.6 Å². The molecule has 0 unspecified atom stereocenters. The molecule has 2 N–H and O–H groups in total. The van der Waals surface area contributed by atoms with Crippen molar-refractivity contribution in [1.29, 1.82) is 0 Å². The van der Waals surface area contributed by atoms with E-state index in [0.29, 0.717) is 17.2 Å². The first-order valence-electron chi connectivity index (χ1n) is 8.31. The molecule has 1 amide bonds. The predicted octanol–water partition coefficient (Wildman–Crippen LogP) is 5.03. The highest BCUT2D eigenvalue weighted by molar-refractivity contribution is 7.80. The van der Waals surface area contributed by atoms with Gasteiger partial charge in [0.1, 0.15) is 11.5 Å². The van der Waals surface area contributed by atoms with Crippen LogP contribution in [0.15, 0.2) is 71.2 Å². The van der Waals surface area contributed by atoms with E-state index in [1.54, 1.807) is 6.07 Å². The Morgan fingerprint density at radius 2 is 1.90 bits per heavy atom. The van der Waals surface area contributed by atoms with Crippen molar-refractivity contribution in [1.82, 2.24) is 5.32 Å². The van der Waals surface area contributed by atoms with Crippen LogP contribution in [0, 0.1) is 10.1 Å². The van der Waals surface area contributed by atoms with Gasteiger partial charge >= 0.3 is 0 Å². The van der Waals surface area contributed by atoms with E-state index in [1.807, 2.05) is 36.4 Å². The molecule has 0 aliphatic carbocycles. The Labute approximate surface area is 176 Å². The van der Waals surface area contributed by atoms with Gasteiger partial charge in [-0.3, -0.25) is 20.2 Å². The standard InChI is InChI=1S/C20H14ClN3O4S/c21-16-12-14(24(26)27)6-9-17(16)22-20(29)23-19(25)11-8-15-7-10-18(28-15)13-4-2-1-3-5-13/h1-12H,(H2,22,23,25,29)/b11-8+. The number of thiocarbonyl (C=S) groups is 1. The summed E-state index contributed by atoms with van der Waals surface area (Å²) in [5.74, 6) is 0.727. The second-order valence-electron chi connectivity index (χ2n) is 5.77. The lowest BCUT2D eigenvalue weighted by molar-refractivity contribution is -0.384. The van der Waals surface area contributed by atoms with Crippen LogP contribution in [0.2, 0.25) is 5.02 Å². The first-order chi connectivity index (χ1) is 13.9. The van der Waals surface area contributed by atoms with Crippen LogP contribution in [0.5, 0.6) is 0 Å². The average molecular weight is 428 g/mol. The number of rotatable bonds is 5. The Morgan fingerprint density at radius 3 is 2.59 bits per heavy atom. The van der Waals surface area contributed by atoms with E-state index < -0.39 is 10.8 Å². The van der Waals surface area contributed by atoms with E-state index in [0.717, 1.165) is 5.56 Å². The number of nitrogens with zero attached hydrogens (tertiary/aromatic N) is 1. The molecule has 3 aromatic rings. The minimum Gasteiger partial charge on any atom is -0.457 e. The molecule has 0 saturated heterocycles. The molecule has 0 spiro atoms. The average Bonchev–Trinajstić information content (AvgIpc) is 3.17. The Balaban J connectivity index is 1.57. The van der Waals surface area contributed by atoms with Gasteiger partial charge in [-0.2, -0.15) is 0 Å². The summed E-state index contributed by atoms with van der Waals surface area (Å²) in [6.07, 6.45) is 2.79. The molecule has 3 rings (SSSR count). The zero-order valence-corrected chi connectivity index (χ0v) is 16.4. The summed E-state index contributed by atoms with van der Waals surface area (Å²) in [7, 11) is 0. The number of non-ortho nitro benzene ring substituents is 1. The van der Waals surface area contributed by atoms with Crippen molar-refractivity contribution in [2.75, 3.05) is 5.32 Å². The molecule has 0 saturated carbocycles. The second kappa shape index (κ2) is 9.13. The van der Waals surface area contributed by atoms with Crippen LogP contribution in [0.3, 0.4) is 0 Å². The maximum Gasteiger partial charge on any atom is 0.271 e. The third-order valence-electron chi connectivity index (χ3n) is 3.73. The zero-order valence-electron chi connectivity index (χ0n) is 14.8. The van der Waals surface area contributed by atoms with Crippen molar-refractivity contribution in [2.45, 2.75) is 0 Å². The summed E-state index contributed by atoms with van der Waals surface area (Å²) in [6.45, 7) is 0. The fourth-order valence-electron chi connectivity index (χ4n) is 2.38. The van der Waals surface area contributed by atoms with Crippen molar-refractivity contribution in [3.05, 3.63) is 87.6 Å². The third-order valence-corrected chi connectivity index (χ3v) is 4.25. The van der Waals surface area contributed by atoms with Gasteiger partial charge in [-0.1, -0.05) is 41.9 Å². The summed E-state index contributed by atoms with van der Waals surface area (Å²) in [5, 5.41) is 16.0. The molecule has 9 heteroatoms. The number of halogens is 1. The van der Waals surface area contributed by atoms with Crippen LogP contribution in [-0.4, -0.2) is 15.9 Å². The molecule has 0 radical (unpaired) electrons. The van der Waals surface area contributed by atoms with Gasteiger partial charge in [0.25, 0.3) is 5.69 Å². The number of amides is 1. The predicted molar refractivity (Wildman–Crippen MR) is 116 cm³/mol. The molecule has 146 valence electrons. The number of carbonyl (C=O) groups excluding carboxylic acids is 1. The van der Waals surface area contributed by atoms with Crippen molar-refractivity contribution in [2.24, 2.45) is 0 Å². The fraction of sp³-hybridized carbons (Fsp3) is 0. The molecule has 0 fully saturated rings. The number of nitrogens with one attached hydrogen (secondary N) is 2. The molecule has 0 bridgehead atoms. The lowest BCUT2D eigenvalue weighted by Gasteiger charge is -2.09. The number of hydrogen-bond donors (Lipinski definition) is 2. The Bertz CT molecular complexity index is 1100. The summed E-state index contributed by atoms with van der Waals surface area (Å²) < 4.78 is 5.68. The van der Waals surface area contributed by atoms with Crippen LogP contribution >= 0.6 is 23.8 Å². The van der Waals surface area contributed by atoms with Crippen molar-refractivity contribution >= 4 is 52.3 Å². The lowest BCUT2D eigenvalue weighted by Crippen LogP contribution is -2.32. The monoisotopic (exact) mass is 427 g/mol. The van der Waals surface area contributed by atoms with E-state index in [2.05, 4.69) is 10.6 Å². The largest absolute Gasteiger partial charge is 0.457 e. The van der Waals surface area contributed by atoms with Crippen LogP contribution in [-0.2, 0) is 4.79 Å². The summed E-state index contributed by atoms with van der Waals surface area (Å²) in [5.41, 5.74) is 1.12. The maximum atomic E-state index is 12.0. The van der Waals surface area contributed by atoms with Gasteiger partial charge < -0.3 is 9.73 Å². The normalized spacial score (nSPS) is 10.7. The summed E-state index contributed by atoms with van der Waals surface area (Å²) >= 11 is 11.0. The molecule has 1 aromatic heterocycles. The molecule has 0 aliphatic rings. The van der Waals surface area contributed by atoms with Crippen molar-refractivity contribution in [3.63, 3.8) is 0 Å². The quantitative estimate of drug-likeness (QED) is 0.256. The van der Waals surface area contributed by atoms with E-state index in [-0.39, 0.29) is 15.8 Å². The van der Waals surface area contributed by atoms with Gasteiger partial charge in [0.05, 0.1) is 15.6 Å². The minimum atomic E-state index is -0.557. The number of hydrogen-bond acceptors (Lipinski definition) is 5. The van der Waals surface area contributed by atoms with Crippen molar-refractivity contribution in [3.8, 4) is 11.3 Å². The number of nitro benzene ring substituents is 1. The number of carbonyl (C=O) groups is 1. The first-order valence-corrected chi connectivity index (χ1v) is 9.10. The highest BCUT2D eigenvalue weighted by atomic mass is 35.5. The number of benzene rings is 2. The molecule has 29 heavy (non-hydrogen) atoms. The van der Waals surface area contributed by atoms with Gasteiger partial charge in [0, 0.05) is 23.8 Å². The highest BCUT2D eigenvalue weighted by Crippen LogP contribution is 2.26. The highest BCUT2D eigenvalue weighted by Gasteiger charge is 2.11. The van der Waals surface area contributed by atoms with E-state index in [4.69, 9.17) is 28.2 Å². The first kappa shape index (κ1) is 20.2. The Hall–Kier alpha value is -3.49. The summed E-state index contributed by atoms with van der Waals surface area (Å²) in [4.78, 5) is 22.2. The van der Waals surface area contributed by atoms with Gasteiger partial charge in [-0.05, 0) is 36.5 Å². The maximum absolute atomic E-state index is 12.0. The molecule has 7 nitrogen and oxygen atoms in total. The lowest BCUT2D eigenvalue weighted by atomic mass is 10.2. The van der Waals surface area contributed by atoms with Gasteiger partial charge in [0.15, 0.2) is 5.11 Å². The fourth-order valence-corrected chi connectivity index (χ4v) is 2.82. The van der Waals surface area contributed by atoms with Crippen LogP contribution in [0.25, 0.3) is 17.4 Å². The smallest absolute Gasteiger partial charge is 0.271 e. The van der Waals surface area contributed by atoms with Crippen LogP contribution in [0.4, 0.5) is 11.4 Å². The van der Waals surface area contributed by atoms with Crippen LogP contribution in [0.1, 0.15) is 5.76 Å². The number of nitro groups is 1. The summed E-state index contributed by atoms with van der Waals surface area (Å²) in [6, 6.07) is 17.0. The molecule has 1 heterocycles. The topological polar surface area (TPSA) is 97.4 Å². The molecular formula is C20H14ClN3O4S. The third kappa shape index (κ3) is 5.50. The molecular weight excluding hydrogens is 414 g/mol. The number of anilines is 1. The molecule has 0 atom stereocenters. The molecule has 0 aliphatic heterocycles. The van der Waals surface area contributed by atoms with Gasteiger partial charge in [-0.25, -0.2) is 0 Å². The van der Waals surface area contributed by atoms with Gasteiger partial charge in [0.2, 0.25) is 5.91 Å². The number of furan rings is 1. The van der Waals surface area contributed by atoms with E-state index in [9.17, 15) is 14.9 Å². The SMILES string of the molecule is O=C(/C=C/c1ccc(-c2ccccc2)o1)NC(=S)Nc1ccc([N+](=O)[O-])cc1Cl. The Kier molecular flexibility index (Phi) is 6.38. The van der Waals surface area contributed by atoms with E-state index >= 15 is 0 Å².